The molecular formula is C13H19BrN2O. The second-order valence-electron chi connectivity index (χ2n) is 4.66. The Bertz CT molecular complexity index is 395. The number of aliphatic hydroxyl groups excluding tert-OH is 1. The van der Waals surface area contributed by atoms with Crippen molar-refractivity contribution in [2.45, 2.75) is 31.8 Å². The van der Waals surface area contributed by atoms with Gasteiger partial charge in [-0.3, -0.25) is 0 Å². The summed E-state index contributed by atoms with van der Waals surface area (Å²) in [6, 6.07) is 6.45. The maximum Gasteiger partial charge on any atom is 0.0635 e. The molecular weight excluding hydrogens is 280 g/mol. The molecule has 94 valence electrons. The van der Waals surface area contributed by atoms with Crippen LogP contribution in [0.1, 0.15) is 31.4 Å². The van der Waals surface area contributed by atoms with Gasteiger partial charge in [-0.05, 0) is 43.5 Å². The van der Waals surface area contributed by atoms with E-state index in [1.165, 1.54) is 5.69 Å². The molecule has 1 saturated heterocycles. The molecule has 1 aliphatic heterocycles. The molecule has 2 rings (SSSR count). The van der Waals surface area contributed by atoms with Crippen molar-refractivity contribution >= 4 is 21.6 Å². The molecule has 1 aliphatic rings. The van der Waals surface area contributed by atoms with Gasteiger partial charge in [-0.2, -0.15) is 0 Å². The molecule has 1 fully saturated rings. The van der Waals surface area contributed by atoms with Gasteiger partial charge < -0.3 is 15.7 Å². The number of anilines is 1. The van der Waals surface area contributed by atoms with E-state index < -0.39 is 0 Å². The molecule has 4 heteroatoms. The number of aliphatic hydroxyl groups is 1. The highest BCUT2D eigenvalue weighted by atomic mass is 79.9. The Labute approximate surface area is 111 Å². The zero-order valence-electron chi connectivity index (χ0n) is 10.1. The van der Waals surface area contributed by atoms with Crippen molar-refractivity contribution in [3.05, 3.63) is 28.2 Å². The van der Waals surface area contributed by atoms with Gasteiger partial charge in [0.2, 0.25) is 0 Å². The summed E-state index contributed by atoms with van der Waals surface area (Å²) in [7, 11) is 0. The lowest BCUT2D eigenvalue weighted by atomic mass is 10.1. The van der Waals surface area contributed by atoms with Crippen molar-refractivity contribution in [1.29, 1.82) is 0 Å². The summed E-state index contributed by atoms with van der Waals surface area (Å²) in [6.45, 7) is 3.22. The number of hydrogen-bond acceptors (Lipinski definition) is 3. The van der Waals surface area contributed by atoms with E-state index in [4.69, 9.17) is 5.73 Å². The quantitative estimate of drug-likeness (QED) is 0.901. The lowest BCUT2D eigenvalue weighted by molar-refractivity contribution is 0.266. The van der Waals surface area contributed by atoms with Crippen LogP contribution in [-0.2, 0) is 0 Å². The van der Waals surface area contributed by atoms with Crippen molar-refractivity contribution in [2.24, 2.45) is 5.73 Å². The molecule has 1 aromatic carbocycles. The highest BCUT2D eigenvalue weighted by Crippen LogP contribution is 2.33. The molecule has 0 spiro atoms. The predicted octanol–water partition coefficient (Wildman–Crippen LogP) is 2.43. The Morgan fingerprint density at radius 1 is 1.59 bits per heavy atom. The van der Waals surface area contributed by atoms with E-state index in [-0.39, 0.29) is 18.7 Å². The Balaban J connectivity index is 2.37. The van der Waals surface area contributed by atoms with Crippen LogP contribution >= 0.6 is 15.9 Å². The van der Waals surface area contributed by atoms with Gasteiger partial charge in [0, 0.05) is 22.7 Å². The summed E-state index contributed by atoms with van der Waals surface area (Å²) < 4.78 is 1.05. The molecule has 0 radical (unpaired) electrons. The van der Waals surface area contributed by atoms with E-state index in [0.717, 1.165) is 29.4 Å². The summed E-state index contributed by atoms with van der Waals surface area (Å²) in [4.78, 5) is 2.28. The normalized spacial score (nSPS) is 21.9. The number of nitrogens with two attached hydrogens (primary N) is 1. The fourth-order valence-corrected chi connectivity index (χ4v) is 2.87. The fourth-order valence-electron chi connectivity index (χ4n) is 2.49. The predicted molar refractivity (Wildman–Crippen MR) is 74.2 cm³/mol. The topological polar surface area (TPSA) is 49.5 Å². The molecule has 2 atom stereocenters. The molecule has 0 aliphatic carbocycles. The molecule has 17 heavy (non-hydrogen) atoms. The van der Waals surface area contributed by atoms with Crippen LogP contribution in [0.15, 0.2) is 22.7 Å². The number of nitrogens with zero attached hydrogens (tertiary/aromatic N) is 1. The third-order valence-corrected chi connectivity index (χ3v) is 3.87. The highest BCUT2D eigenvalue weighted by molar-refractivity contribution is 9.10. The van der Waals surface area contributed by atoms with Gasteiger partial charge in [0.1, 0.15) is 0 Å². The standard InChI is InChI=1S/C13H19BrN2O/c1-9(15)12-7-10(14)4-5-13(12)16-6-2-3-11(16)8-17/h4-5,7,9,11,17H,2-3,6,8,15H2,1H3. The van der Waals surface area contributed by atoms with Crippen molar-refractivity contribution in [2.75, 3.05) is 18.1 Å². The van der Waals surface area contributed by atoms with Crippen LogP contribution < -0.4 is 10.6 Å². The van der Waals surface area contributed by atoms with Crippen LogP contribution in [0.3, 0.4) is 0 Å². The molecule has 0 aromatic heterocycles. The minimum atomic E-state index is 0.00226. The number of benzene rings is 1. The van der Waals surface area contributed by atoms with E-state index in [0.29, 0.717) is 0 Å². The minimum Gasteiger partial charge on any atom is -0.394 e. The first-order valence-corrected chi connectivity index (χ1v) is 6.85. The zero-order valence-corrected chi connectivity index (χ0v) is 11.7. The molecule has 3 nitrogen and oxygen atoms in total. The van der Waals surface area contributed by atoms with Gasteiger partial charge in [0.05, 0.1) is 12.6 Å². The average molecular weight is 299 g/mol. The van der Waals surface area contributed by atoms with Gasteiger partial charge >= 0.3 is 0 Å². The van der Waals surface area contributed by atoms with Crippen LogP contribution in [0.4, 0.5) is 5.69 Å². The molecule has 0 amide bonds. The zero-order chi connectivity index (χ0) is 12.4. The Kier molecular flexibility index (Phi) is 4.07. The smallest absolute Gasteiger partial charge is 0.0635 e. The van der Waals surface area contributed by atoms with Crippen molar-refractivity contribution in [3.63, 3.8) is 0 Å². The average Bonchev–Trinajstić information content (AvgIpc) is 2.76. The third-order valence-electron chi connectivity index (χ3n) is 3.38. The molecule has 1 aromatic rings. The molecule has 1 heterocycles. The summed E-state index contributed by atoms with van der Waals surface area (Å²) in [5.74, 6) is 0. The van der Waals surface area contributed by atoms with Crippen molar-refractivity contribution < 1.29 is 5.11 Å². The highest BCUT2D eigenvalue weighted by Gasteiger charge is 2.26. The summed E-state index contributed by atoms with van der Waals surface area (Å²) in [5.41, 5.74) is 8.33. The first-order chi connectivity index (χ1) is 8.13. The van der Waals surface area contributed by atoms with E-state index in [9.17, 15) is 5.11 Å². The minimum absolute atomic E-state index is 0.00226. The lowest BCUT2D eigenvalue weighted by Gasteiger charge is -2.28. The van der Waals surface area contributed by atoms with Gasteiger partial charge in [-0.15, -0.1) is 0 Å². The summed E-state index contributed by atoms with van der Waals surface area (Å²) in [6.07, 6.45) is 2.20. The lowest BCUT2D eigenvalue weighted by Crippen LogP contribution is -2.33. The number of hydrogen-bond donors (Lipinski definition) is 2. The Morgan fingerprint density at radius 2 is 2.35 bits per heavy atom. The first kappa shape index (κ1) is 12.9. The molecule has 2 unspecified atom stereocenters. The van der Waals surface area contributed by atoms with Crippen LogP contribution in [0.5, 0.6) is 0 Å². The SMILES string of the molecule is CC(N)c1cc(Br)ccc1N1CCCC1CO. The van der Waals surface area contributed by atoms with Crippen molar-refractivity contribution in [3.8, 4) is 0 Å². The number of rotatable bonds is 3. The van der Waals surface area contributed by atoms with Gasteiger partial charge in [0.15, 0.2) is 0 Å². The third kappa shape index (κ3) is 2.64. The van der Waals surface area contributed by atoms with Crippen LogP contribution in [-0.4, -0.2) is 24.3 Å². The Hall–Kier alpha value is -0.580. The molecule has 3 N–H and O–H groups in total. The van der Waals surface area contributed by atoms with Crippen LogP contribution in [0.2, 0.25) is 0 Å². The summed E-state index contributed by atoms with van der Waals surface area (Å²) in [5, 5.41) is 9.40. The Morgan fingerprint density at radius 3 is 3.00 bits per heavy atom. The maximum absolute atomic E-state index is 9.40. The second kappa shape index (κ2) is 5.38. The summed E-state index contributed by atoms with van der Waals surface area (Å²) >= 11 is 3.48. The van der Waals surface area contributed by atoms with Gasteiger partial charge in [0.25, 0.3) is 0 Å². The monoisotopic (exact) mass is 298 g/mol. The fraction of sp³-hybridized carbons (Fsp3) is 0.538. The van der Waals surface area contributed by atoms with Gasteiger partial charge in [-0.1, -0.05) is 15.9 Å². The maximum atomic E-state index is 9.40. The van der Waals surface area contributed by atoms with Crippen LogP contribution in [0, 0.1) is 0 Å². The van der Waals surface area contributed by atoms with E-state index in [1.54, 1.807) is 0 Å². The molecule has 0 saturated carbocycles. The molecule has 0 bridgehead atoms. The van der Waals surface area contributed by atoms with E-state index >= 15 is 0 Å². The van der Waals surface area contributed by atoms with E-state index in [1.807, 2.05) is 13.0 Å². The van der Waals surface area contributed by atoms with E-state index in [2.05, 4.69) is 33.0 Å². The second-order valence-corrected chi connectivity index (χ2v) is 5.58. The number of halogens is 1. The van der Waals surface area contributed by atoms with Gasteiger partial charge in [-0.25, -0.2) is 0 Å². The largest absolute Gasteiger partial charge is 0.394 e. The first-order valence-electron chi connectivity index (χ1n) is 6.06. The van der Waals surface area contributed by atoms with Crippen molar-refractivity contribution in [1.82, 2.24) is 0 Å². The van der Waals surface area contributed by atoms with Crippen LogP contribution in [0.25, 0.3) is 0 Å².